The lowest BCUT2D eigenvalue weighted by Crippen LogP contribution is -2.35. The SMILES string of the molecule is CCCCC[C@H](C)CNC(=S)N/N=C(/C)c1ccc(S(C)(=O)=O)cc1. The third kappa shape index (κ3) is 8.45. The minimum Gasteiger partial charge on any atom is -0.361 e. The Labute approximate surface area is 157 Å². The molecule has 0 aliphatic rings. The standard InChI is InChI=1S/C18H29N3O2S2/c1-5-6-7-8-14(2)13-19-18(24)21-20-15(3)16-9-11-17(12-10-16)25(4,22)23/h9-12,14H,5-8,13H2,1-4H3,(H2,19,21,24)/b20-15-/t14-/m0/s1. The molecule has 0 aliphatic carbocycles. The zero-order valence-electron chi connectivity index (χ0n) is 15.5. The van der Waals surface area contributed by atoms with Crippen molar-refractivity contribution in [3.05, 3.63) is 29.8 Å². The van der Waals surface area contributed by atoms with Gasteiger partial charge in [0.2, 0.25) is 0 Å². The number of nitrogens with one attached hydrogen (secondary N) is 2. The van der Waals surface area contributed by atoms with Crippen molar-refractivity contribution < 1.29 is 8.42 Å². The molecule has 0 amide bonds. The molecule has 0 bridgehead atoms. The summed E-state index contributed by atoms with van der Waals surface area (Å²) in [5.41, 5.74) is 4.42. The van der Waals surface area contributed by atoms with Crippen LogP contribution >= 0.6 is 12.2 Å². The van der Waals surface area contributed by atoms with Crippen LogP contribution in [0.4, 0.5) is 0 Å². The van der Waals surface area contributed by atoms with Crippen LogP contribution < -0.4 is 10.7 Å². The first-order valence-electron chi connectivity index (χ1n) is 8.62. The van der Waals surface area contributed by atoms with Crippen molar-refractivity contribution in [1.29, 1.82) is 0 Å². The summed E-state index contributed by atoms with van der Waals surface area (Å²) in [6.45, 7) is 7.09. The van der Waals surface area contributed by atoms with Gasteiger partial charge in [-0.15, -0.1) is 0 Å². The van der Waals surface area contributed by atoms with E-state index in [0.717, 1.165) is 17.8 Å². The van der Waals surface area contributed by atoms with Gasteiger partial charge in [0.05, 0.1) is 10.6 Å². The van der Waals surface area contributed by atoms with Crippen molar-refractivity contribution >= 4 is 32.9 Å². The van der Waals surface area contributed by atoms with E-state index in [2.05, 4.69) is 29.7 Å². The van der Waals surface area contributed by atoms with E-state index in [0.29, 0.717) is 15.9 Å². The second kappa shape index (κ2) is 10.5. The molecule has 0 radical (unpaired) electrons. The molecule has 0 aliphatic heterocycles. The summed E-state index contributed by atoms with van der Waals surface area (Å²) in [5.74, 6) is 0.569. The Bertz CT molecular complexity index is 683. The number of nitrogens with zero attached hydrogens (tertiary/aromatic N) is 1. The van der Waals surface area contributed by atoms with E-state index in [1.54, 1.807) is 24.3 Å². The molecule has 0 aromatic heterocycles. The number of thiocarbonyl (C=S) groups is 1. The second-order valence-electron chi connectivity index (χ2n) is 6.42. The predicted molar refractivity (Wildman–Crippen MR) is 109 cm³/mol. The highest BCUT2D eigenvalue weighted by molar-refractivity contribution is 7.90. The predicted octanol–water partition coefficient (Wildman–Crippen LogP) is 3.49. The third-order valence-electron chi connectivity index (χ3n) is 3.94. The van der Waals surface area contributed by atoms with E-state index in [1.807, 2.05) is 6.92 Å². The monoisotopic (exact) mass is 383 g/mol. The van der Waals surface area contributed by atoms with Crippen LogP contribution in [0.3, 0.4) is 0 Å². The largest absolute Gasteiger partial charge is 0.361 e. The van der Waals surface area contributed by atoms with E-state index < -0.39 is 9.84 Å². The first-order chi connectivity index (χ1) is 11.7. The van der Waals surface area contributed by atoms with Crippen LogP contribution in [0.15, 0.2) is 34.3 Å². The molecule has 0 unspecified atom stereocenters. The molecule has 1 rings (SSSR count). The Morgan fingerprint density at radius 3 is 2.44 bits per heavy atom. The maximum atomic E-state index is 11.5. The molecule has 1 aromatic rings. The van der Waals surface area contributed by atoms with Crippen LogP contribution in [-0.4, -0.2) is 32.0 Å². The van der Waals surface area contributed by atoms with Crippen LogP contribution in [0.1, 0.15) is 52.0 Å². The third-order valence-corrected chi connectivity index (χ3v) is 5.30. The Balaban J connectivity index is 2.47. The topological polar surface area (TPSA) is 70.6 Å². The molecular weight excluding hydrogens is 354 g/mol. The smallest absolute Gasteiger partial charge is 0.186 e. The average Bonchev–Trinajstić information content (AvgIpc) is 2.57. The highest BCUT2D eigenvalue weighted by atomic mass is 32.2. The number of benzene rings is 1. The molecule has 0 fully saturated rings. The lowest BCUT2D eigenvalue weighted by Gasteiger charge is -2.13. The average molecular weight is 384 g/mol. The van der Waals surface area contributed by atoms with Gasteiger partial charge in [-0.25, -0.2) is 8.42 Å². The number of hydrogen-bond acceptors (Lipinski definition) is 4. The van der Waals surface area contributed by atoms with Crippen LogP contribution in [0.5, 0.6) is 0 Å². The van der Waals surface area contributed by atoms with E-state index in [1.165, 1.54) is 31.9 Å². The Morgan fingerprint density at radius 1 is 1.24 bits per heavy atom. The number of sulfone groups is 1. The van der Waals surface area contributed by atoms with Gasteiger partial charge < -0.3 is 5.32 Å². The molecule has 0 spiro atoms. The Morgan fingerprint density at radius 2 is 1.88 bits per heavy atom. The highest BCUT2D eigenvalue weighted by Crippen LogP contribution is 2.11. The van der Waals surface area contributed by atoms with Gasteiger partial charge in [0.15, 0.2) is 14.9 Å². The van der Waals surface area contributed by atoms with Gasteiger partial charge in [-0.05, 0) is 49.2 Å². The lowest BCUT2D eigenvalue weighted by atomic mass is 10.0. The molecule has 1 aromatic carbocycles. The molecule has 1 atom stereocenters. The number of hydrogen-bond donors (Lipinski definition) is 2. The maximum Gasteiger partial charge on any atom is 0.186 e. The fourth-order valence-corrected chi connectivity index (χ4v) is 3.05. The van der Waals surface area contributed by atoms with Crippen molar-refractivity contribution in [2.24, 2.45) is 11.0 Å². The molecule has 25 heavy (non-hydrogen) atoms. The maximum absolute atomic E-state index is 11.5. The highest BCUT2D eigenvalue weighted by Gasteiger charge is 2.07. The fraction of sp³-hybridized carbons (Fsp3) is 0.556. The Kier molecular flexibility index (Phi) is 9.06. The van der Waals surface area contributed by atoms with Crippen LogP contribution in [0.2, 0.25) is 0 Å². The molecular formula is C18H29N3O2S2. The van der Waals surface area contributed by atoms with Crippen LogP contribution in [0, 0.1) is 5.92 Å². The van der Waals surface area contributed by atoms with Crippen molar-refractivity contribution in [2.75, 3.05) is 12.8 Å². The van der Waals surface area contributed by atoms with Gasteiger partial charge in [0.25, 0.3) is 0 Å². The summed E-state index contributed by atoms with van der Waals surface area (Å²) >= 11 is 5.24. The molecule has 0 heterocycles. The first kappa shape index (κ1) is 21.6. The molecule has 7 heteroatoms. The summed E-state index contributed by atoms with van der Waals surface area (Å²) in [5, 5.41) is 7.93. The van der Waals surface area contributed by atoms with Gasteiger partial charge in [-0.1, -0.05) is 45.2 Å². The van der Waals surface area contributed by atoms with Gasteiger partial charge in [0.1, 0.15) is 0 Å². The van der Waals surface area contributed by atoms with Crippen molar-refractivity contribution in [2.45, 2.75) is 51.3 Å². The zero-order chi connectivity index (χ0) is 18.9. The molecule has 140 valence electrons. The summed E-state index contributed by atoms with van der Waals surface area (Å²) in [6.07, 6.45) is 6.14. The Hall–Kier alpha value is -1.47. The lowest BCUT2D eigenvalue weighted by molar-refractivity contribution is 0.487. The summed E-state index contributed by atoms with van der Waals surface area (Å²) in [6, 6.07) is 6.64. The van der Waals surface area contributed by atoms with E-state index in [9.17, 15) is 8.42 Å². The van der Waals surface area contributed by atoms with Crippen LogP contribution in [-0.2, 0) is 9.84 Å². The van der Waals surface area contributed by atoms with Crippen molar-refractivity contribution in [1.82, 2.24) is 10.7 Å². The van der Waals surface area contributed by atoms with Gasteiger partial charge in [-0.2, -0.15) is 5.10 Å². The first-order valence-corrected chi connectivity index (χ1v) is 10.9. The van der Waals surface area contributed by atoms with Crippen LogP contribution in [0.25, 0.3) is 0 Å². The summed E-state index contributed by atoms with van der Waals surface area (Å²) in [7, 11) is -3.18. The molecule has 2 N–H and O–H groups in total. The van der Waals surface area contributed by atoms with Gasteiger partial charge in [-0.3, -0.25) is 5.43 Å². The van der Waals surface area contributed by atoms with E-state index >= 15 is 0 Å². The molecule has 0 saturated heterocycles. The molecule has 5 nitrogen and oxygen atoms in total. The molecule has 0 saturated carbocycles. The normalized spacial score (nSPS) is 13.4. The summed E-state index contributed by atoms with van der Waals surface area (Å²) in [4.78, 5) is 0.297. The van der Waals surface area contributed by atoms with Crippen molar-refractivity contribution in [3.63, 3.8) is 0 Å². The zero-order valence-corrected chi connectivity index (χ0v) is 17.1. The van der Waals surface area contributed by atoms with E-state index in [-0.39, 0.29) is 0 Å². The number of hydrazone groups is 1. The van der Waals surface area contributed by atoms with Gasteiger partial charge in [0, 0.05) is 12.8 Å². The number of rotatable bonds is 9. The van der Waals surface area contributed by atoms with Gasteiger partial charge >= 0.3 is 0 Å². The summed E-state index contributed by atoms with van der Waals surface area (Å²) < 4.78 is 22.9. The number of unbranched alkanes of at least 4 members (excludes halogenated alkanes) is 2. The minimum atomic E-state index is -3.18. The minimum absolute atomic E-state index is 0.297. The van der Waals surface area contributed by atoms with E-state index in [4.69, 9.17) is 12.2 Å². The van der Waals surface area contributed by atoms with Crippen molar-refractivity contribution in [3.8, 4) is 0 Å². The fourth-order valence-electron chi connectivity index (χ4n) is 2.29. The quantitative estimate of drug-likeness (QED) is 0.296. The second-order valence-corrected chi connectivity index (χ2v) is 8.84.